The van der Waals surface area contributed by atoms with Gasteiger partial charge in [0.2, 0.25) is 0 Å². The Kier molecular flexibility index (Phi) is 5.35. The Labute approximate surface area is 105 Å². The molecule has 0 radical (unpaired) electrons. The number of aromatic amines is 1. The lowest BCUT2D eigenvalue weighted by molar-refractivity contribution is -0.141. The quantitative estimate of drug-likeness (QED) is 0.594. The van der Waals surface area contributed by atoms with Gasteiger partial charge in [0.05, 0.1) is 6.61 Å². The van der Waals surface area contributed by atoms with Crippen molar-refractivity contribution >= 4 is 5.97 Å². The maximum absolute atomic E-state index is 11.4. The van der Waals surface area contributed by atoms with Crippen molar-refractivity contribution in [1.29, 1.82) is 0 Å². The van der Waals surface area contributed by atoms with E-state index in [0.29, 0.717) is 18.7 Å². The highest BCUT2D eigenvalue weighted by molar-refractivity contribution is 5.65. The fraction of sp³-hybridized carbons (Fsp3) is 0.583. The number of aryl methyl sites for hydroxylation is 2. The molecule has 6 heteroatoms. The molecule has 1 N–H and O–H groups in total. The molecule has 0 saturated carbocycles. The van der Waals surface area contributed by atoms with Crippen molar-refractivity contribution < 1.29 is 9.53 Å². The Hall–Kier alpha value is -1.85. The molecular formula is C12H18N2O4. The van der Waals surface area contributed by atoms with E-state index in [2.05, 4.69) is 4.98 Å². The molecule has 1 heterocycles. The van der Waals surface area contributed by atoms with Gasteiger partial charge in [-0.3, -0.25) is 14.6 Å². The summed E-state index contributed by atoms with van der Waals surface area (Å²) in [6.07, 6.45) is 3.99. The largest absolute Gasteiger partial charge is 0.466 e. The van der Waals surface area contributed by atoms with Gasteiger partial charge in [0, 0.05) is 25.2 Å². The Morgan fingerprint density at radius 2 is 2.06 bits per heavy atom. The molecular weight excluding hydrogens is 236 g/mol. The number of nitrogens with zero attached hydrogens (tertiary/aromatic N) is 1. The zero-order chi connectivity index (χ0) is 13.5. The summed E-state index contributed by atoms with van der Waals surface area (Å²) in [6.45, 7) is 4.00. The fourth-order valence-corrected chi connectivity index (χ4v) is 1.56. The number of rotatable bonds is 6. The lowest BCUT2D eigenvalue weighted by atomic mass is 10.2. The molecule has 6 nitrogen and oxygen atoms in total. The number of carbonyl (C=O) groups is 1. The van der Waals surface area contributed by atoms with E-state index >= 15 is 0 Å². The molecule has 0 fully saturated rings. The highest BCUT2D eigenvalue weighted by Crippen LogP contribution is 1.98. The van der Waals surface area contributed by atoms with Crippen LogP contribution in [0.2, 0.25) is 0 Å². The van der Waals surface area contributed by atoms with Gasteiger partial charge >= 0.3 is 11.7 Å². The van der Waals surface area contributed by atoms with Crippen LogP contribution in [0.3, 0.4) is 0 Å². The predicted octanol–water partition coefficient (Wildman–Crippen LogP) is 0.578. The van der Waals surface area contributed by atoms with Crippen molar-refractivity contribution in [3.8, 4) is 0 Å². The first-order valence-corrected chi connectivity index (χ1v) is 5.94. The van der Waals surface area contributed by atoms with Crippen LogP contribution in [0.1, 0.15) is 31.7 Å². The van der Waals surface area contributed by atoms with E-state index < -0.39 is 0 Å². The lowest BCUT2D eigenvalue weighted by Gasteiger charge is -2.06. The van der Waals surface area contributed by atoms with Crippen molar-refractivity contribution in [2.45, 2.75) is 39.7 Å². The monoisotopic (exact) mass is 254 g/mol. The topological polar surface area (TPSA) is 81.2 Å². The van der Waals surface area contributed by atoms with Crippen LogP contribution in [0, 0.1) is 6.92 Å². The van der Waals surface area contributed by atoms with Gasteiger partial charge in [-0.1, -0.05) is 0 Å². The van der Waals surface area contributed by atoms with Crippen molar-refractivity contribution in [2.75, 3.05) is 6.61 Å². The Morgan fingerprint density at radius 1 is 1.33 bits per heavy atom. The molecule has 0 unspecified atom stereocenters. The van der Waals surface area contributed by atoms with Gasteiger partial charge in [-0.15, -0.1) is 0 Å². The lowest BCUT2D eigenvalue weighted by Crippen LogP contribution is -2.30. The molecule has 1 rings (SSSR count). The Balaban J connectivity index is 2.36. The maximum atomic E-state index is 11.4. The van der Waals surface area contributed by atoms with Crippen molar-refractivity contribution in [3.63, 3.8) is 0 Å². The number of carbonyl (C=O) groups excluding carboxylic acids is 1. The summed E-state index contributed by atoms with van der Waals surface area (Å²) >= 11 is 0. The van der Waals surface area contributed by atoms with Crippen LogP contribution in [0.15, 0.2) is 15.8 Å². The molecule has 0 aliphatic carbocycles. The minimum absolute atomic E-state index is 0.275. The summed E-state index contributed by atoms with van der Waals surface area (Å²) in [7, 11) is 0. The van der Waals surface area contributed by atoms with E-state index in [1.54, 1.807) is 13.1 Å². The van der Waals surface area contributed by atoms with Gasteiger partial charge < -0.3 is 9.30 Å². The average Bonchev–Trinajstić information content (AvgIpc) is 2.29. The zero-order valence-electron chi connectivity index (χ0n) is 10.7. The van der Waals surface area contributed by atoms with E-state index in [1.807, 2.05) is 0 Å². The molecule has 18 heavy (non-hydrogen) atoms. The fourth-order valence-electron chi connectivity index (χ4n) is 1.56. The van der Waals surface area contributed by atoms with Crippen LogP contribution in [0.4, 0.5) is 0 Å². The SMILES string of the molecule is CC(=O)OCCCCCn1cc(C)c(=O)[nH]c1=O. The minimum Gasteiger partial charge on any atom is -0.466 e. The molecule has 0 atom stereocenters. The van der Waals surface area contributed by atoms with E-state index in [0.717, 1.165) is 19.3 Å². The normalized spacial score (nSPS) is 10.3. The molecule has 0 aromatic carbocycles. The molecule has 0 aliphatic heterocycles. The third kappa shape index (κ3) is 4.57. The molecule has 0 spiro atoms. The number of hydrogen-bond acceptors (Lipinski definition) is 4. The van der Waals surface area contributed by atoms with Gasteiger partial charge in [-0.05, 0) is 26.2 Å². The summed E-state index contributed by atoms with van der Waals surface area (Å²) in [5.41, 5.74) is -0.203. The first kappa shape index (κ1) is 14.2. The average molecular weight is 254 g/mol. The van der Waals surface area contributed by atoms with Crippen LogP contribution in [0.5, 0.6) is 0 Å². The molecule has 1 aromatic heterocycles. The predicted molar refractivity (Wildman–Crippen MR) is 66.5 cm³/mol. The molecule has 1 aromatic rings. The number of ether oxygens (including phenoxy) is 1. The smallest absolute Gasteiger partial charge is 0.328 e. The molecule has 100 valence electrons. The maximum Gasteiger partial charge on any atom is 0.328 e. The Morgan fingerprint density at radius 3 is 2.72 bits per heavy atom. The third-order valence-electron chi connectivity index (χ3n) is 2.54. The summed E-state index contributed by atoms with van der Waals surface area (Å²) in [6, 6.07) is 0. The summed E-state index contributed by atoms with van der Waals surface area (Å²) in [5.74, 6) is -0.275. The summed E-state index contributed by atoms with van der Waals surface area (Å²) in [5, 5.41) is 0. The van der Waals surface area contributed by atoms with Crippen LogP contribution in [-0.2, 0) is 16.1 Å². The van der Waals surface area contributed by atoms with Crippen LogP contribution in [0.25, 0.3) is 0 Å². The standard InChI is InChI=1S/C12H18N2O4/c1-9-8-14(12(17)13-11(9)16)6-4-3-5-7-18-10(2)15/h8H,3-7H2,1-2H3,(H,13,16,17). The van der Waals surface area contributed by atoms with E-state index in [1.165, 1.54) is 11.5 Å². The zero-order valence-corrected chi connectivity index (χ0v) is 10.7. The number of unbranched alkanes of at least 4 members (excludes halogenated alkanes) is 2. The highest BCUT2D eigenvalue weighted by Gasteiger charge is 2.00. The van der Waals surface area contributed by atoms with Crippen LogP contribution in [-0.4, -0.2) is 22.1 Å². The van der Waals surface area contributed by atoms with Crippen molar-refractivity contribution in [1.82, 2.24) is 9.55 Å². The third-order valence-corrected chi connectivity index (χ3v) is 2.54. The van der Waals surface area contributed by atoms with E-state index in [9.17, 15) is 14.4 Å². The first-order valence-electron chi connectivity index (χ1n) is 5.94. The number of hydrogen-bond donors (Lipinski definition) is 1. The molecule has 0 aliphatic rings. The molecule has 0 bridgehead atoms. The van der Waals surface area contributed by atoms with Gasteiger partial charge in [0.25, 0.3) is 5.56 Å². The number of H-pyrrole nitrogens is 1. The second kappa shape index (κ2) is 6.78. The molecule has 0 saturated heterocycles. The highest BCUT2D eigenvalue weighted by atomic mass is 16.5. The van der Waals surface area contributed by atoms with Crippen molar-refractivity contribution in [2.24, 2.45) is 0 Å². The second-order valence-electron chi connectivity index (χ2n) is 4.17. The number of aromatic nitrogens is 2. The Bertz CT molecular complexity index is 516. The van der Waals surface area contributed by atoms with Gasteiger partial charge in [-0.2, -0.15) is 0 Å². The van der Waals surface area contributed by atoms with Gasteiger partial charge in [-0.25, -0.2) is 4.79 Å². The minimum atomic E-state index is -0.384. The van der Waals surface area contributed by atoms with Gasteiger partial charge in [0.15, 0.2) is 0 Å². The van der Waals surface area contributed by atoms with Gasteiger partial charge in [0.1, 0.15) is 0 Å². The number of nitrogens with one attached hydrogen (secondary N) is 1. The summed E-state index contributed by atoms with van der Waals surface area (Å²) < 4.78 is 6.29. The van der Waals surface area contributed by atoms with Crippen LogP contribution >= 0.6 is 0 Å². The van der Waals surface area contributed by atoms with E-state index in [-0.39, 0.29) is 17.2 Å². The number of esters is 1. The summed E-state index contributed by atoms with van der Waals surface area (Å²) in [4.78, 5) is 35.4. The van der Waals surface area contributed by atoms with Crippen LogP contribution < -0.4 is 11.2 Å². The second-order valence-corrected chi connectivity index (χ2v) is 4.17. The van der Waals surface area contributed by atoms with Crippen molar-refractivity contribution in [3.05, 3.63) is 32.6 Å². The first-order chi connectivity index (χ1) is 8.50. The molecule has 0 amide bonds. The van der Waals surface area contributed by atoms with E-state index in [4.69, 9.17) is 4.74 Å².